The highest BCUT2D eigenvalue weighted by molar-refractivity contribution is 5.90. The van der Waals surface area contributed by atoms with Gasteiger partial charge in [0.2, 0.25) is 5.91 Å². The minimum Gasteiger partial charge on any atom is -0.382 e. The van der Waals surface area contributed by atoms with E-state index in [1.165, 1.54) is 11.9 Å². The van der Waals surface area contributed by atoms with Gasteiger partial charge in [-0.1, -0.05) is 0 Å². The van der Waals surface area contributed by atoms with Crippen LogP contribution in [0.25, 0.3) is 0 Å². The van der Waals surface area contributed by atoms with Crippen molar-refractivity contribution in [3.63, 3.8) is 0 Å². The van der Waals surface area contributed by atoms with Crippen molar-refractivity contribution in [1.29, 1.82) is 5.26 Å². The smallest absolute Gasteiger partial charge is 0.382 e. The first-order valence-corrected chi connectivity index (χ1v) is 6.45. The van der Waals surface area contributed by atoms with Gasteiger partial charge in [0.15, 0.2) is 6.10 Å². The summed E-state index contributed by atoms with van der Waals surface area (Å²) >= 11 is 0. The normalized spacial score (nSPS) is 12.8. The largest absolute Gasteiger partial charge is 0.415 e. The number of carbonyl (C=O) groups is 1. The molecule has 2 N–H and O–H groups in total. The number of benzene rings is 1. The quantitative estimate of drug-likeness (QED) is 0.838. The molecule has 0 radical (unpaired) electrons. The fourth-order valence-corrected chi connectivity index (χ4v) is 1.63. The third-order valence-corrected chi connectivity index (χ3v) is 2.88. The average Bonchev–Trinajstić information content (AvgIpc) is 2.45. The molecule has 0 spiro atoms. The van der Waals surface area contributed by atoms with Gasteiger partial charge in [-0.05, 0) is 31.3 Å². The predicted molar refractivity (Wildman–Crippen MR) is 74.0 cm³/mol. The van der Waals surface area contributed by atoms with Crippen molar-refractivity contribution >= 4 is 11.6 Å². The summed E-state index contributed by atoms with van der Waals surface area (Å²) in [5.41, 5.74) is 0.959. The molecule has 22 heavy (non-hydrogen) atoms. The minimum absolute atomic E-state index is 0.0128. The second-order valence-electron chi connectivity index (χ2n) is 4.81. The molecule has 1 amide bonds. The van der Waals surface area contributed by atoms with Crippen LogP contribution in [0, 0.1) is 11.3 Å². The first-order chi connectivity index (χ1) is 10.2. The summed E-state index contributed by atoms with van der Waals surface area (Å²) in [5.74, 6) is -0.363. The summed E-state index contributed by atoms with van der Waals surface area (Å²) in [6.07, 6.45) is -7.11. The Morgan fingerprint density at radius 3 is 2.50 bits per heavy atom. The van der Waals surface area contributed by atoms with Gasteiger partial charge in [0.05, 0.1) is 11.6 Å². The molecular formula is C14H16F3N3O2. The Morgan fingerprint density at radius 2 is 2.00 bits per heavy atom. The Hall–Kier alpha value is -2.11. The molecule has 0 aromatic heterocycles. The number of hydrogen-bond donors (Lipinski definition) is 2. The molecule has 1 atom stereocenters. The first-order valence-electron chi connectivity index (χ1n) is 6.45. The molecule has 120 valence electrons. The number of alkyl halides is 3. The zero-order valence-electron chi connectivity index (χ0n) is 11.9. The van der Waals surface area contributed by atoms with E-state index >= 15 is 0 Å². The molecule has 1 rings (SSSR count). The van der Waals surface area contributed by atoms with Crippen LogP contribution >= 0.6 is 0 Å². The molecule has 0 bridgehead atoms. The lowest BCUT2D eigenvalue weighted by molar-refractivity contribution is -0.207. The summed E-state index contributed by atoms with van der Waals surface area (Å²) < 4.78 is 36.5. The lowest BCUT2D eigenvalue weighted by Gasteiger charge is -2.21. The first kappa shape index (κ1) is 17.9. The van der Waals surface area contributed by atoms with Crippen LogP contribution < -0.4 is 5.32 Å². The van der Waals surface area contributed by atoms with Crippen LogP contribution in [-0.2, 0) is 4.79 Å². The van der Waals surface area contributed by atoms with E-state index in [0.717, 1.165) is 0 Å². The van der Waals surface area contributed by atoms with Crippen LogP contribution in [0.4, 0.5) is 18.9 Å². The molecule has 0 fully saturated rings. The number of nitrogens with zero attached hydrogens (tertiary/aromatic N) is 2. The summed E-state index contributed by atoms with van der Waals surface area (Å²) in [6.45, 7) is -0.511. The van der Waals surface area contributed by atoms with Crippen molar-refractivity contribution in [2.75, 3.05) is 25.5 Å². The third kappa shape index (κ3) is 6.11. The van der Waals surface area contributed by atoms with Crippen LogP contribution in [0.3, 0.4) is 0 Å². The molecular weight excluding hydrogens is 299 g/mol. The molecule has 1 aromatic carbocycles. The molecule has 0 saturated carbocycles. The lowest BCUT2D eigenvalue weighted by Crippen LogP contribution is -2.40. The molecule has 0 heterocycles. The number of halogens is 3. The fourth-order valence-electron chi connectivity index (χ4n) is 1.63. The number of rotatable bonds is 6. The van der Waals surface area contributed by atoms with E-state index in [2.05, 4.69) is 5.32 Å². The highest BCUT2D eigenvalue weighted by Gasteiger charge is 2.38. The summed E-state index contributed by atoms with van der Waals surface area (Å²) in [6, 6.07) is 8.16. The number of hydrogen-bond acceptors (Lipinski definition) is 4. The lowest BCUT2D eigenvalue weighted by atomic mass is 10.2. The topological polar surface area (TPSA) is 76.4 Å². The second-order valence-corrected chi connectivity index (χ2v) is 4.81. The number of carbonyl (C=O) groups excluding carboxylic acids is 1. The van der Waals surface area contributed by atoms with E-state index in [1.54, 1.807) is 24.3 Å². The molecule has 0 aliphatic carbocycles. The van der Waals surface area contributed by atoms with E-state index < -0.39 is 18.8 Å². The Labute approximate surface area is 126 Å². The number of nitriles is 1. The van der Waals surface area contributed by atoms with Crippen LogP contribution in [0.2, 0.25) is 0 Å². The van der Waals surface area contributed by atoms with Gasteiger partial charge in [0.25, 0.3) is 0 Å². The van der Waals surface area contributed by atoms with E-state index in [4.69, 9.17) is 10.4 Å². The van der Waals surface area contributed by atoms with Crippen molar-refractivity contribution in [1.82, 2.24) is 4.90 Å². The highest BCUT2D eigenvalue weighted by atomic mass is 19.4. The molecule has 8 heteroatoms. The van der Waals surface area contributed by atoms with Gasteiger partial charge in [-0.3, -0.25) is 4.79 Å². The van der Waals surface area contributed by atoms with Crippen LogP contribution in [0.15, 0.2) is 24.3 Å². The standard InChI is InChI=1S/C14H16F3N3O2/c1-20(9-12(21)14(15,16)17)7-6-13(22)19-11-4-2-10(8-18)3-5-11/h2-5,12,21H,6-7,9H2,1H3,(H,19,22). The van der Waals surface area contributed by atoms with Gasteiger partial charge in [-0.2, -0.15) is 18.4 Å². The molecule has 5 nitrogen and oxygen atoms in total. The Balaban J connectivity index is 2.37. The second kappa shape index (κ2) is 7.77. The number of anilines is 1. The monoisotopic (exact) mass is 315 g/mol. The highest BCUT2D eigenvalue weighted by Crippen LogP contribution is 2.20. The van der Waals surface area contributed by atoms with E-state index in [-0.39, 0.29) is 18.9 Å². The van der Waals surface area contributed by atoms with Gasteiger partial charge in [-0.15, -0.1) is 0 Å². The van der Waals surface area contributed by atoms with Crippen molar-refractivity contribution < 1.29 is 23.1 Å². The van der Waals surface area contributed by atoms with Gasteiger partial charge < -0.3 is 15.3 Å². The SMILES string of the molecule is CN(CCC(=O)Nc1ccc(C#N)cc1)CC(O)C(F)(F)F. The summed E-state index contributed by atoms with van der Waals surface area (Å²) in [5, 5.41) is 20.1. The predicted octanol–water partition coefficient (Wildman–Crippen LogP) is 1.74. The van der Waals surface area contributed by atoms with Crippen LogP contribution in [0.1, 0.15) is 12.0 Å². The number of aliphatic hydroxyl groups is 1. The van der Waals surface area contributed by atoms with Crippen molar-refractivity contribution in [2.24, 2.45) is 0 Å². The molecule has 1 unspecified atom stereocenters. The zero-order chi connectivity index (χ0) is 16.8. The molecule has 0 aliphatic rings. The maximum absolute atomic E-state index is 12.2. The zero-order valence-corrected chi connectivity index (χ0v) is 11.9. The number of amides is 1. The van der Waals surface area contributed by atoms with Gasteiger partial charge >= 0.3 is 6.18 Å². The Morgan fingerprint density at radius 1 is 1.41 bits per heavy atom. The third-order valence-electron chi connectivity index (χ3n) is 2.88. The maximum Gasteiger partial charge on any atom is 0.415 e. The van der Waals surface area contributed by atoms with E-state index in [9.17, 15) is 18.0 Å². The maximum atomic E-state index is 12.2. The Bertz CT molecular complexity index is 538. The van der Waals surface area contributed by atoms with Crippen molar-refractivity contribution in [3.05, 3.63) is 29.8 Å². The van der Waals surface area contributed by atoms with Crippen molar-refractivity contribution in [2.45, 2.75) is 18.7 Å². The molecule has 1 aromatic rings. The molecule has 0 saturated heterocycles. The van der Waals surface area contributed by atoms with E-state index in [0.29, 0.717) is 11.3 Å². The Kier molecular flexibility index (Phi) is 6.34. The number of nitrogens with one attached hydrogen (secondary N) is 1. The van der Waals surface area contributed by atoms with Crippen LogP contribution in [0.5, 0.6) is 0 Å². The molecule has 0 aliphatic heterocycles. The number of likely N-dealkylation sites (N-methyl/N-ethyl adjacent to an activating group) is 1. The average molecular weight is 315 g/mol. The van der Waals surface area contributed by atoms with E-state index in [1.807, 2.05) is 6.07 Å². The fraction of sp³-hybridized carbons (Fsp3) is 0.429. The van der Waals surface area contributed by atoms with Gasteiger partial charge in [0.1, 0.15) is 0 Å². The number of aliphatic hydroxyl groups excluding tert-OH is 1. The van der Waals surface area contributed by atoms with Crippen LogP contribution in [-0.4, -0.2) is 48.3 Å². The van der Waals surface area contributed by atoms with Gasteiger partial charge in [-0.25, -0.2) is 0 Å². The van der Waals surface area contributed by atoms with Gasteiger partial charge in [0, 0.05) is 25.2 Å². The minimum atomic E-state index is -4.67. The summed E-state index contributed by atoms with van der Waals surface area (Å²) in [4.78, 5) is 12.9. The summed E-state index contributed by atoms with van der Waals surface area (Å²) in [7, 11) is 1.39. The van der Waals surface area contributed by atoms with Crippen molar-refractivity contribution in [3.8, 4) is 6.07 Å².